The van der Waals surface area contributed by atoms with Gasteiger partial charge in [0.1, 0.15) is 0 Å². The Bertz CT molecular complexity index is 211. The lowest BCUT2D eigenvalue weighted by Crippen LogP contribution is -2.34. The zero-order valence-electron chi connectivity index (χ0n) is 7.59. The van der Waals surface area contributed by atoms with Crippen LogP contribution in [-0.2, 0) is 9.53 Å². The van der Waals surface area contributed by atoms with Crippen LogP contribution in [-0.4, -0.2) is 23.8 Å². The Labute approximate surface area is 77.8 Å². The summed E-state index contributed by atoms with van der Waals surface area (Å²) in [4.78, 5) is 15.0. The molecule has 0 fully saturated rings. The molecule has 4 heteroatoms. The summed E-state index contributed by atoms with van der Waals surface area (Å²) in [5, 5.41) is 2.22. The fourth-order valence-corrected chi connectivity index (χ4v) is 1.21. The maximum Gasteiger partial charge on any atom is 0.334 e. The van der Waals surface area contributed by atoms with E-state index in [9.17, 15) is 4.79 Å². The molecular weight excluding hydrogens is 174 g/mol. The first kappa shape index (κ1) is 11.3. The summed E-state index contributed by atoms with van der Waals surface area (Å²) in [7, 11) is 1.34. The molecule has 0 amide bonds. The summed E-state index contributed by atoms with van der Waals surface area (Å²) < 4.78 is 4.60. The van der Waals surface area contributed by atoms with Crippen LogP contribution >= 0.6 is 12.2 Å². The van der Waals surface area contributed by atoms with Crippen molar-refractivity contribution in [3.8, 4) is 0 Å². The van der Waals surface area contributed by atoms with Crippen molar-refractivity contribution in [1.82, 2.24) is 0 Å². The van der Waals surface area contributed by atoms with Crippen molar-refractivity contribution in [3.63, 3.8) is 0 Å². The van der Waals surface area contributed by atoms with E-state index in [0.717, 1.165) is 6.42 Å². The van der Waals surface area contributed by atoms with Crippen LogP contribution < -0.4 is 0 Å². The van der Waals surface area contributed by atoms with E-state index in [1.54, 1.807) is 6.92 Å². The minimum absolute atomic E-state index is 0.360. The topological polar surface area (TPSA) is 38.7 Å². The monoisotopic (exact) mass is 187 g/mol. The third kappa shape index (κ3) is 2.72. The van der Waals surface area contributed by atoms with Gasteiger partial charge in [0.15, 0.2) is 5.54 Å². The Balaban J connectivity index is 4.59. The first-order valence-corrected chi connectivity index (χ1v) is 4.19. The van der Waals surface area contributed by atoms with Crippen molar-refractivity contribution < 1.29 is 9.53 Å². The molecule has 0 aliphatic heterocycles. The fourth-order valence-electron chi connectivity index (χ4n) is 1.01. The number of hydrogen-bond donors (Lipinski definition) is 0. The molecule has 0 bridgehead atoms. The van der Waals surface area contributed by atoms with Crippen molar-refractivity contribution in [2.75, 3.05) is 7.11 Å². The highest BCUT2D eigenvalue weighted by Crippen LogP contribution is 2.18. The van der Waals surface area contributed by atoms with Crippen molar-refractivity contribution in [2.45, 2.75) is 32.2 Å². The Hall–Kier alpha value is -0.730. The van der Waals surface area contributed by atoms with Crippen molar-refractivity contribution in [1.29, 1.82) is 0 Å². The molecule has 0 aromatic heterocycles. The van der Waals surface area contributed by atoms with E-state index in [2.05, 4.69) is 27.1 Å². The molecule has 0 aliphatic rings. The van der Waals surface area contributed by atoms with Crippen LogP contribution in [0.1, 0.15) is 26.7 Å². The standard InChI is InChI=1S/C8H13NO2S/c1-4-5-8(2,9-6-12)7(10)11-3/h4-5H2,1-3H3. The van der Waals surface area contributed by atoms with Crippen LogP contribution in [0, 0.1) is 0 Å². The molecule has 0 aromatic rings. The number of methoxy groups -OCH3 is 1. The predicted octanol–water partition coefficient (Wildman–Crippen LogP) is 1.82. The molecule has 0 heterocycles. The van der Waals surface area contributed by atoms with Crippen LogP contribution in [0.25, 0.3) is 0 Å². The van der Waals surface area contributed by atoms with Gasteiger partial charge in [-0.25, -0.2) is 9.79 Å². The summed E-state index contributed by atoms with van der Waals surface area (Å²) in [5.41, 5.74) is -0.842. The molecular formula is C8H13NO2S. The molecule has 0 aromatic carbocycles. The van der Waals surface area contributed by atoms with Gasteiger partial charge >= 0.3 is 5.97 Å². The van der Waals surface area contributed by atoms with Gasteiger partial charge in [-0.1, -0.05) is 13.3 Å². The van der Waals surface area contributed by atoms with E-state index in [4.69, 9.17) is 0 Å². The second-order valence-corrected chi connectivity index (χ2v) is 2.90. The van der Waals surface area contributed by atoms with Gasteiger partial charge in [0.05, 0.1) is 12.3 Å². The van der Waals surface area contributed by atoms with E-state index in [1.165, 1.54) is 7.11 Å². The van der Waals surface area contributed by atoms with Gasteiger partial charge in [0.25, 0.3) is 0 Å². The SMILES string of the molecule is CCCC(C)(N=C=S)C(=O)OC. The number of ether oxygens (including phenoxy) is 1. The highest BCUT2D eigenvalue weighted by atomic mass is 32.1. The number of isothiocyanates is 1. The third-order valence-electron chi connectivity index (χ3n) is 1.65. The molecule has 1 atom stereocenters. The van der Waals surface area contributed by atoms with Crippen molar-refractivity contribution in [2.24, 2.45) is 4.99 Å². The molecule has 68 valence electrons. The molecule has 0 aliphatic carbocycles. The highest BCUT2D eigenvalue weighted by Gasteiger charge is 2.32. The van der Waals surface area contributed by atoms with E-state index >= 15 is 0 Å². The number of hydrogen-bond acceptors (Lipinski definition) is 4. The summed E-state index contributed by atoms with van der Waals surface area (Å²) in [6, 6.07) is 0. The zero-order chi connectivity index (χ0) is 9.61. The number of esters is 1. The maximum absolute atomic E-state index is 11.2. The molecule has 1 unspecified atom stereocenters. The van der Waals surface area contributed by atoms with Gasteiger partial charge in [-0.15, -0.1) is 0 Å². The van der Waals surface area contributed by atoms with Crippen molar-refractivity contribution >= 4 is 23.3 Å². The number of thiocarbonyl (C=S) groups is 1. The first-order chi connectivity index (χ1) is 5.60. The van der Waals surface area contributed by atoms with Gasteiger partial charge in [-0.05, 0) is 25.6 Å². The Morgan fingerprint density at radius 2 is 2.33 bits per heavy atom. The van der Waals surface area contributed by atoms with Gasteiger partial charge in [0, 0.05) is 0 Å². The molecule has 0 saturated heterocycles. The van der Waals surface area contributed by atoms with Crippen LogP contribution in [0.2, 0.25) is 0 Å². The second kappa shape index (κ2) is 5.01. The Morgan fingerprint density at radius 1 is 1.75 bits per heavy atom. The number of aliphatic imine (C=N–C) groups is 1. The predicted molar refractivity (Wildman–Crippen MR) is 50.4 cm³/mol. The maximum atomic E-state index is 11.2. The van der Waals surface area contributed by atoms with Crippen LogP contribution in [0.3, 0.4) is 0 Å². The highest BCUT2D eigenvalue weighted by molar-refractivity contribution is 7.78. The third-order valence-corrected chi connectivity index (χ3v) is 1.75. The fraction of sp³-hybridized carbons (Fsp3) is 0.750. The molecule has 0 spiro atoms. The molecule has 0 N–H and O–H groups in total. The smallest absolute Gasteiger partial charge is 0.334 e. The van der Waals surface area contributed by atoms with Crippen LogP contribution in [0.4, 0.5) is 0 Å². The van der Waals surface area contributed by atoms with Gasteiger partial charge in [-0.3, -0.25) is 0 Å². The summed E-state index contributed by atoms with van der Waals surface area (Å²) in [5.74, 6) is -0.360. The summed E-state index contributed by atoms with van der Waals surface area (Å²) in [6.07, 6.45) is 1.48. The van der Waals surface area contributed by atoms with Gasteiger partial charge in [-0.2, -0.15) is 0 Å². The van der Waals surface area contributed by atoms with E-state index in [-0.39, 0.29) is 5.97 Å². The largest absolute Gasteiger partial charge is 0.467 e. The molecule has 0 saturated carbocycles. The summed E-state index contributed by atoms with van der Waals surface area (Å²) >= 11 is 4.46. The van der Waals surface area contributed by atoms with Gasteiger partial charge in [0.2, 0.25) is 0 Å². The Morgan fingerprint density at radius 3 is 2.67 bits per heavy atom. The number of carbonyl (C=O) groups is 1. The van der Waals surface area contributed by atoms with Crippen LogP contribution in [0.15, 0.2) is 4.99 Å². The minimum atomic E-state index is -0.842. The number of rotatable bonds is 4. The molecule has 0 radical (unpaired) electrons. The lowest BCUT2D eigenvalue weighted by molar-refractivity contribution is -0.146. The van der Waals surface area contributed by atoms with E-state index in [0.29, 0.717) is 6.42 Å². The molecule has 0 rings (SSSR count). The average Bonchev–Trinajstić information content (AvgIpc) is 2.04. The second-order valence-electron chi connectivity index (χ2n) is 2.72. The van der Waals surface area contributed by atoms with Crippen LogP contribution in [0.5, 0.6) is 0 Å². The molecule has 12 heavy (non-hydrogen) atoms. The zero-order valence-corrected chi connectivity index (χ0v) is 8.40. The number of nitrogens with zero attached hydrogens (tertiary/aromatic N) is 1. The number of carbonyl (C=O) groups excluding carboxylic acids is 1. The summed E-state index contributed by atoms with van der Waals surface area (Å²) in [6.45, 7) is 3.67. The first-order valence-electron chi connectivity index (χ1n) is 3.78. The van der Waals surface area contributed by atoms with E-state index in [1.807, 2.05) is 6.92 Å². The van der Waals surface area contributed by atoms with E-state index < -0.39 is 5.54 Å². The lowest BCUT2D eigenvalue weighted by atomic mass is 9.97. The molecule has 3 nitrogen and oxygen atoms in total. The quantitative estimate of drug-likeness (QED) is 0.383. The Kier molecular flexibility index (Phi) is 4.71. The normalized spacial score (nSPS) is 14.2. The minimum Gasteiger partial charge on any atom is -0.467 e. The average molecular weight is 187 g/mol. The van der Waals surface area contributed by atoms with Gasteiger partial charge < -0.3 is 4.74 Å². The lowest BCUT2D eigenvalue weighted by Gasteiger charge is -2.19. The van der Waals surface area contributed by atoms with Crippen molar-refractivity contribution in [3.05, 3.63) is 0 Å².